The molecule has 1 atom stereocenters. The Labute approximate surface area is 95.6 Å². The second-order valence-electron chi connectivity index (χ2n) is 3.69. The van der Waals surface area contributed by atoms with E-state index in [1.807, 2.05) is 6.92 Å². The molecule has 0 bridgehead atoms. The Morgan fingerprint density at radius 3 is 2.53 bits per heavy atom. The predicted octanol–water partition coefficient (Wildman–Crippen LogP) is 3.71. The van der Waals surface area contributed by atoms with Crippen molar-refractivity contribution in [3.05, 3.63) is 29.3 Å². The van der Waals surface area contributed by atoms with Gasteiger partial charge < -0.3 is 5.32 Å². The van der Waals surface area contributed by atoms with Crippen molar-refractivity contribution in [2.24, 2.45) is 5.92 Å². The molecule has 0 unspecified atom stereocenters. The number of amides is 1. The Hall–Kier alpha value is -1.02. The molecule has 0 radical (unpaired) electrons. The van der Waals surface area contributed by atoms with Crippen LogP contribution < -0.4 is 5.32 Å². The third-order valence-corrected chi connectivity index (χ3v) is 2.53. The highest BCUT2D eigenvalue weighted by Crippen LogP contribution is 2.15. The lowest BCUT2D eigenvalue weighted by Gasteiger charge is -2.10. The summed E-state index contributed by atoms with van der Waals surface area (Å²) < 4.78 is 0. The number of hydrogen-bond acceptors (Lipinski definition) is 1. The van der Waals surface area contributed by atoms with Gasteiger partial charge >= 0.3 is 0 Å². The highest BCUT2D eigenvalue weighted by Gasteiger charge is 2.11. The summed E-state index contributed by atoms with van der Waals surface area (Å²) >= 11 is 5.75. The van der Waals surface area contributed by atoms with Gasteiger partial charge in [0.1, 0.15) is 0 Å². The second kappa shape index (κ2) is 5.76. The molecule has 1 N–H and O–H groups in total. The number of benzene rings is 1. The molecule has 1 rings (SSSR count). The molecule has 15 heavy (non-hydrogen) atoms. The van der Waals surface area contributed by atoms with E-state index in [1.165, 1.54) is 0 Å². The second-order valence-corrected chi connectivity index (χ2v) is 4.12. The maximum Gasteiger partial charge on any atom is 0.227 e. The van der Waals surface area contributed by atoms with E-state index in [4.69, 9.17) is 11.6 Å². The first-order valence-corrected chi connectivity index (χ1v) is 5.57. The van der Waals surface area contributed by atoms with Crippen LogP contribution in [0.5, 0.6) is 0 Å². The lowest BCUT2D eigenvalue weighted by atomic mass is 10.1. The SMILES string of the molecule is CCC[C@@H](C)C(=O)Nc1ccc(Cl)cc1. The monoisotopic (exact) mass is 225 g/mol. The van der Waals surface area contributed by atoms with Crippen LogP contribution in [0, 0.1) is 5.92 Å². The van der Waals surface area contributed by atoms with Gasteiger partial charge in [-0.2, -0.15) is 0 Å². The first-order valence-electron chi connectivity index (χ1n) is 5.20. The Balaban J connectivity index is 2.54. The molecule has 2 nitrogen and oxygen atoms in total. The van der Waals surface area contributed by atoms with E-state index in [2.05, 4.69) is 12.2 Å². The minimum absolute atomic E-state index is 0.0608. The van der Waals surface area contributed by atoms with Gasteiger partial charge in [0.15, 0.2) is 0 Å². The number of nitrogens with one attached hydrogen (secondary N) is 1. The molecule has 0 heterocycles. The summed E-state index contributed by atoms with van der Waals surface area (Å²) in [6.07, 6.45) is 1.94. The normalized spacial score (nSPS) is 12.2. The summed E-state index contributed by atoms with van der Waals surface area (Å²) in [5, 5.41) is 3.53. The number of hydrogen-bond donors (Lipinski definition) is 1. The average Bonchev–Trinajstić information content (AvgIpc) is 2.22. The van der Waals surface area contributed by atoms with E-state index in [1.54, 1.807) is 24.3 Å². The number of rotatable bonds is 4. The molecule has 0 saturated carbocycles. The molecule has 82 valence electrons. The van der Waals surface area contributed by atoms with E-state index in [9.17, 15) is 4.79 Å². The van der Waals surface area contributed by atoms with Gasteiger partial charge in [-0.15, -0.1) is 0 Å². The lowest BCUT2D eigenvalue weighted by molar-refractivity contribution is -0.119. The van der Waals surface area contributed by atoms with Gasteiger partial charge in [0.25, 0.3) is 0 Å². The van der Waals surface area contributed by atoms with E-state index in [-0.39, 0.29) is 11.8 Å². The van der Waals surface area contributed by atoms with Crippen LogP contribution in [0.3, 0.4) is 0 Å². The van der Waals surface area contributed by atoms with Crippen molar-refractivity contribution >= 4 is 23.2 Å². The number of halogens is 1. The molecule has 0 aliphatic heterocycles. The van der Waals surface area contributed by atoms with Crippen LogP contribution in [-0.2, 0) is 4.79 Å². The van der Waals surface area contributed by atoms with Crippen molar-refractivity contribution in [1.82, 2.24) is 0 Å². The quantitative estimate of drug-likeness (QED) is 0.832. The van der Waals surface area contributed by atoms with Gasteiger partial charge in [-0.3, -0.25) is 4.79 Å². The highest BCUT2D eigenvalue weighted by atomic mass is 35.5. The van der Waals surface area contributed by atoms with Crippen molar-refractivity contribution in [3.63, 3.8) is 0 Å². The van der Waals surface area contributed by atoms with Crippen LogP contribution in [0.25, 0.3) is 0 Å². The van der Waals surface area contributed by atoms with Crippen LogP contribution in [-0.4, -0.2) is 5.91 Å². The van der Waals surface area contributed by atoms with E-state index >= 15 is 0 Å². The summed E-state index contributed by atoms with van der Waals surface area (Å²) in [6, 6.07) is 7.14. The molecule has 1 amide bonds. The molecule has 0 spiro atoms. The molecule has 0 aliphatic carbocycles. The maximum absolute atomic E-state index is 11.6. The zero-order chi connectivity index (χ0) is 11.3. The Bertz CT molecular complexity index is 321. The van der Waals surface area contributed by atoms with Crippen molar-refractivity contribution in [1.29, 1.82) is 0 Å². The van der Waals surface area contributed by atoms with Crippen LogP contribution in [0.2, 0.25) is 5.02 Å². The van der Waals surface area contributed by atoms with E-state index in [0.717, 1.165) is 18.5 Å². The Morgan fingerprint density at radius 1 is 1.40 bits per heavy atom. The standard InChI is InChI=1S/C12H16ClNO/c1-3-4-9(2)12(15)14-11-7-5-10(13)6-8-11/h5-9H,3-4H2,1-2H3,(H,14,15)/t9-/m1/s1. The fourth-order valence-electron chi connectivity index (χ4n) is 1.36. The Morgan fingerprint density at radius 2 is 2.00 bits per heavy atom. The summed E-state index contributed by atoms with van der Waals surface area (Å²) in [7, 11) is 0. The molecule has 3 heteroatoms. The Kier molecular flexibility index (Phi) is 4.63. The molecular formula is C12H16ClNO. The summed E-state index contributed by atoms with van der Waals surface area (Å²) in [5.74, 6) is 0.129. The topological polar surface area (TPSA) is 29.1 Å². The molecule has 0 saturated heterocycles. The highest BCUT2D eigenvalue weighted by molar-refractivity contribution is 6.30. The maximum atomic E-state index is 11.6. The summed E-state index contributed by atoms with van der Waals surface area (Å²) in [6.45, 7) is 4.01. The number of anilines is 1. The minimum Gasteiger partial charge on any atom is -0.326 e. The zero-order valence-electron chi connectivity index (χ0n) is 9.09. The van der Waals surface area contributed by atoms with Crippen LogP contribution in [0.1, 0.15) is 26.7 Å². The van der Waals surface area contributed by atoms with Crippen molar-refractivity contribution < 1.29 is 4.79 Å². The molecule has 0 aromatic heterocycles. The van der Waals surface area contributed by atoms with E-state index < -0.39 is 0 Å². The molecule has 1 aromatic rings. The fraction of sp³-hybridized carbons (Fsp3) is 0.417. The minimum atomic E-state index is 0.0608. The first-order chi connectivity index (χ1) is 7.13. The van der Waals surface area contributed by atoms with Gasteiger partial charge in [0.2, 0.25) is 5.91 Å². The van der Waals surface area contributed by atoms with E-state index in [0.29, 0.717) is 5.02 Å². The van der Waals surface area contributed by atoms with Crippen LogP contribution in [0.4, 0.5) is 5.69 Å². The average molecular weight is 226 g/mol. The number of carbonyl (C=O) groups excluding carboxylic acids is 1. The van der Waals surface area contributed by atoms with Gasteiger partial charge in [-0.05, 0) is 30.7 Å². The third-order valence-electron chi connectivity index (χ3n) is 2.28. The fourth-order valence-corrected chi connectivity index (χ4v) is 1.49. The molecule has 0 aliphatic rings. The smallest absolute Gasteiger partial charge is 0.227 e. The largest absolute Gasteiger partial charge is 0.326 e. The zero-order valence-corrected chi connectivity index (χ0v) is 9.84. The van der Waals surface area contributed by atoms with Crippen LogP contribution in [0.15, 0.2) is 24.3 Å². The van der Waals surface area contributed by atoms with Crippen molar-refractivity contribution in [2.75, 3.05) is 5.32 Å². The summed E-state index contributed by atoms with van der Waals surface area (Å²) in [5.41, 5.74) is 0.798. The predicted molar refractivity (Wildman–Crippen MR) is 64.2 cm³/mol. The van der Waals surface area contributed by atoms with Crippen molar-refractivity contribution in [3.8, 4) is 0 Å². The summed E-state index contributed by atoms with van der Waals surface area (Å²) in [4.78, 5) is 11.6. The van der Waals surface area contributed by atoms with Crippen LogP contribution >= 0.6 is 11.6 Å². The van der Waals surface area contributed by atoms with Crippen molar-refractivity contribution in [2.45, 2.75) is 26.7 Å². The lowest BCUT2D eigenvalue weighted by Crippen LogP contribution is -2.20. The van der Waals surface area contributed by atoms with Gasteiger partial charge in [0, 0.05) is 16.6 Å². The molecule has 0 fully saturated rings. The molecule has 1 aromatic carbocycles. The van der Waals surface area contributed by atoms with Gasteiger partial charge in [0.05, 0.1) is 0 Å². The third kappa shape index (κ3) is 3.92. The molecular weight excluding hydrogens is 210 g/mol. The van der Waals surface area contributed by atoms with Gasteiger partial charge in [-0.25, -0.2) is 0 Å². The first kappa shape index (κ1) is 12.1. The van der Waals surface area contributed by atoms with Gasteiger partial charge in [-0.1, -0.05) is 31.9 Å². The number of carbonyl (C=O) groups is 1.